The Morgan fingerprint density at radius 1 is 1.36 bits per heavy atom. The van der Waals surface area contributed by atoms with E-state index in [0.717, 1.165) is 12.2 Å². The number of aliphatic hydroxyl groups excluding tert-OH is 1. The third kappa shape index (κ3) is 5.07. The van der Waals surface area contributed by atoms with Gasteiger partial charge in [-0.25, -0.2) is 4.79 Å². The molecule has 0 spiro atoms. The zero-order valence-electron chi connectivity index (χ0n) is 13.1. The van der Waals surface area contributed by atoms with Gasteiger partial charge in [-0.05, 0) is 32.4 Å². The molecule has 1 aliphatic carbocycles. The molecule has 3 atom stereocenters. The molecular weight excluding hydrogens is 280 g/mol. The first-order valence-electron chi connectivity index (χ1n) is 7.63. The molecule has 22 heavy (non-hydrogen) atoms. The molecule has 1 unspecified atom stereocenters. The van der Waals surface area contributed by atoms with E-state index >= 15 is 0 Å². The Kier molecular flexibility index (Phi) is 5.83. The van der Waals surface area contributed by atoms with Crippen molar-refractivity contribution in [3.05, 3.63) is 42.0 Å². The van der Waals surface area contributed by atoms with Gasteiger partial charge in [0, 0.05) is 18.6 Å². The monoisotopic (exact) mass is 304 g/mol. The Hall–Kier alpha value is -2.01. The minimum Gasteiger partial charge on any atom is -0.489 e. The second-order valence-corrected chi connectivity index (χ2v) is 5.77. The van der Waals surface area contributed by atoms with E-state index in [9.17, 15) is 4.79 Å². The molecule has 0 saturated heterocycles. The lowest BCUT2D eigenvalue weighted by molar-refractivity contribution is 0.205. The molecule has 0 radical (unpaired) electrons. The van der Waals surface area contributed by atoms with Crippen LogP contribution < -0.4 is 15.4 Å². The Bertz CT molecular complexity index is 513. The van der Waals surface area contributed by atoms with Crippen molar-refractivity contribution >= 4 is 6.03 Å². The predicted molar refractivity (Wildman–Crippen MR) is 85.9 cm³/mol. The Balaban J connectivity index is 1.67. The highest BCUT2D eigenvalue weighted by molar-refractivity contribution is 5.74. The van der Waals surface area contributed by atoms with Gasteiger partial charge in [0.15, 0.2) is 0 Å². The third-order valence-electron chi connectivity index (χ3n) is 3.63. The van der Waals surface area contributed by atoms with Gasteiger partial charge in [-0.2, -0.15) is 0 Å². The molecule has 3 N–H and O–H groups in total. The van der Waals surface area contributed by atoms with Crippen molar-refractivity contribution in [3.63, 3.8) is 0 Å². The van der Waals surface area contributed by atoms with Crippen LogP contribution in [0.3, 0.4) is 0 Å². The first kappa shape index (κ1) is 16.4. The van der Waals surface area contributed by atoms with Gasteiger partial charge in [-0.15, -0.1) is 0 Å². The molecule has 1 aromatic carbocycles. The van der Waals surface area contributed by atoms with Crippen LogP contribution in [-0.4, -0.2) is 36.4 Å². The quantitative estimate of drug-likeness (QED) is 0.704. The molecule has 0 fully saturated rings. The van der Waals surface area contributed by atoms with E-state index < -0.39 is 0 Å². The second-order valence-electron chi connectivity index (χ2n) is 5.77. The molecule has 1 aromatic rings. The van der Waals surface area contributed by atoms with E-state index in [1.165, 1.54) is 5.56 Å². The average molecular weight is 304 g/mol. The topological polar surface area (TPSA) is 70.6 Å². The van der Waals surface area contributed by atoms with E-state index in [2.05, 4.69) is 10.6 Å². The number of carbonyl (C=O) groups is 1. The maximum absolute atomic E-state index is 11.8. The first-order valence-corrected chi connectivity index (χ1v) is 7.63. The van der Waals surface area contributed by atoms with E-state index in [-0.39, 0.29) is 30.7 Å². The average Bonchev–Trinajstić information content (AvgIpc) is 2.95. The van der Waals surface area contributed by atoms with E-state index in [1.54, 1.807) is 0 Å². The Morgan fingerprint density at radius 3 is 2.73 bits per heavy atom. The van der Waals surface area contributed by atoms with Crippen LogP contribution in [0.2, 0.25) is 0 Å². The van der Waals surface area contributed by atoms with Crippen LogP contribution in [0.4, 0.5) is 4.79 Å². The van der Waals surface area contributed by atoms with Gasteiger partial charge >= 0.3 is 6.03 Å². The lowest BCUT2D eigenvalue weighted by Crippen LogP contribution is -2.44. The van der Waals surface area contributed by atoms with E-state index in [4.69, 9.17) is 9.84 Å². The lowest BCUT2D eigenvalue weighted by Gasteiger charge is -2.17. The molecule has 2 rings (SSSR count). The molecule has 1 aliphatic rings. The molecule has 0 heterocycles. The van der Waals surface area contributed by atoms with Crippen molar-refractivity contribution in [2.75, 3.05) is 13.2 Å². The summed E-state index contributed by atoms with van der Waals surface area (Å²) in [6.07, 6.45) is 4.50. The first-order chi connectivity index (χ1) is 10.6. The highest BCUT2D eigenvalue weighted by Gasteiger charge is 2.19. The number of carbonyl (C=O) groups excluding carboxylic acids is 1. The van der Waals surface area contributed by atoms with Crippen molar-refractivity contribution in [1.29, 1.82) is 0 Å². The van der Waals surface area contributed by atoms with Gasteiger partial charge in [0.1, 0.15) is 11.9 Å². The van der Waals surface area contributed by atoms with Crippen LogP contribution in [0.15, 0.2) is 36.4 Å². The third-order valence-corrected chi connectivity index (χ3v) is 3.63. The fourth-order valence-corrected chi connectivity index (χ4v) is 2.36. The summed E-state index contributed by atoms with van der Waals surface area (Å²) >= 11 is 0. The largest absolute Gasteiger partial charge is 0.489 e. The van der Waals surface area contributed by atoms with Crippen LogP contribution in [0.5, 0.6) is 5.75 Å². The maximum Gasteiger partial charge on any atom is 0.315 e. The Labute approximate surface area is 131 Å². The number of hydrogen-bond acceptors (Lipinski definition) is 3. The SMILES string of the molecule is Cc1ccc(OC(C)CNC(=O)N[C@@H]2C=C[C@H](CO)C2)cc1. The van der Waals surface area contributed by atoms with Crippen molar-refractivity contribution in [2.45, 2.75) is 32.4 Å². The van der Waals surface area contributed by atoms with Crippen LogP contribution in [0, 0.1) is 12.8 Å². The summed E-state index contributed by atoms with van der Waals surface area (Å²) in [6.45, 7) is 4.49. The molecule has 0 saturated carbocycles. The summed E-state index contributed by atoms with van der Waals surface area (Å²) in [5.41, 5.74) is 1.18. The van der Waals surface area contributed by atoms with Crippen molar-refractivity contribution in [3.8, 4) is 5.75 Å². The van der Waals surface area contributed by atoms with Gasteiger partial charge < -0.3 is 20.5 Å². The number of aryl methyl sites for hydroxylation is 1. The number of ether oxygens (including phenoxy) is 1. The van der Waals surface area contributed by atoms with Crippen molar-refractivity contribution in [2.24, 2.45) is 5.92 Å². The number of benzene rings is 1. The molecule has 0 aromatic heterocycles. The fourth-order valence-electron chi connectivity index (χ4n) is 2.36. The number of rotatable bonds is 6. The van der Waals surface area contributed by atoms with Crippen LogP contribution >= 0.6 is 0 Å². The molecule has 5 nitrogen and oxygen atoms in total. The van der Waals surface area contributed by atoms with Crippen molar-refractivity contribution in [1.82, 2.24) is 10.6 Å². The predicted octanol–water partition coefficient (Wildman–Crippen LogP) is 2.00. The summed E-state index contributed by atoms with van der Waals surface area (Å²) in [5.74, 6) is 0.943. The highest BCUT2D eigenvalue weighted by atomic mass is 16.5. The molecule has 0 bridgehead atoms. The fraction of sp³-hybridized carbons (Fsp3) is 0.471. The Morgan fingerprint density at radius 2 is 2.09 bits per heavy atom. The summed E-state index contributed by atoms with van der Waals surface area (Å²) in [7, 11) is 0. The van der Waals surface area contributed by atoms with E-state index in [1.807, 2.05) is 50.3 Å². The smallest absolute Gasteiger partial charge is 0.315 e. The molecule has 0 aliphatic heterocycles. The van der Waals surface area contributed by atoms with Gasteiger partial charge in [0.2, 0.25) is 0 Å². The second kappa shape index (κ2) is 7.84. The van der Waals surface area contributed by atoms with Crippen LogP contribution in [-0.2, 0) is 0 Å². The summed E-state index contributed by atoms with van der Waals surface area (Å²) in [5, 5.41) is 14.7. The van der Waals surface area contributed by atoms with Crippen LogP contribution in [0.1, 0.15) is 18.9 Å². The molecular formula is C17H24N2O3. The maximum atomic E-state index is 11.8. The number of nitrogens with one attached hydrogen (secondary N) is 2. The minimum atomic E-state index is -0.215. The number of urea groups is 1. The summed E-state index contributed by atoms with van der Waals surface area (Å²) in [6, 6.07) is 7.60. The lowest BCUT2D eigenvalue weighted by atomic mass is 10.1. The standard InChI is InChI=1S/C17H24N2O3/c1-12-3-7-16(8-4-12)22-13(2)10-18-17(21)19-15-6-5-14(9-15)11-20/h3-8,13-15,20H,9-11H2,1-2H3,(H2,18,19,21)/t13?,14-,15+/m0/s1. The van der Waals surface area contributed by atoms with Crippen molar-refractivity contribution < 1.29 is 14.6 Å². The molecule has 5 heteroatoms. The number of hydrogen-bond donors (Lipinski definition) is 3. The van der Waals surface area contributed by atoms with Gasteiger partial charge in [0.05, 0.1) is 6.54 Å². The molecule has 2 amide bonds. The van der Waals surface area contributed by atoms with Crippen LogP contribution in [0.25, 0.3) is 0 Å². The summed E-state index contributed by atoms with van der Waals surface area (Å²) < 4.78 is 5.73. The zero-order valence-corrected chi connectivity index (χ0v) is 13.1. The zero-order chi connectivity index (χ0) is 15.9. The number of aliphatic hydroxyl groups is 1. The van der Waals surface area contributed by atoms with E-state index in [0.29, 0.717) is 6.54 Å². The van der Waals surface area contributed by atoms with Gasteiger partial charge in [-0.1, -0.05) is 29.8 Å². The normalized spacial score (nSPS) is 21.4. The number of amides is 2. The minimum absolute atomic E-state index is 0.00882. The molecule has 120 valence electrons. The van der Waals surface area contributed by atoms with Gasteiger partial charge in [0.25, 0.3) is 0 Å². The van der Waals surface area contributed by atoms with Gasteiger partial charge in [-0.3, -0.25) is 0 Å². The highest BCUT2D eigenvalue weighted by Crippen LogP contribution is 2.16. The summed E-state index contributed by atoms with van der Waals surface area (Å²) in [4.78, 5) is 11.8.